The Morgan fingerprint density at radius 1 is 0.778 bits per heavy atom. The zero-order chi connectivity index (χ0) is 26.9. The van der Waals surface area contributed by atoms with Gasteiger partial charge in [-0.05, 0) is 65.5 Å². The number of hydrogen-bond donors (Lipinski definition) is 2. The fraction of sp³-hybridized carbons (Fsp3) is 0.793. The third-order valence-electron chi connectivity index (χ3n) is 6.86. The van der Waals surface area contributed by atoms with E-state index in [0.29, 0.717) is 23.4 Å². The first-order valence-corrected chi connectivity index (χ1v) is 16.9. The average molecular weight is 639 g/mol. The SMILES string of the molecule is CCCCCCC(CCCCCCCCCCCC(C[N+](C)(C)C)OP(=O)(O)O)c1ccc(I)cc1. The normalized spacial score (nSPS) is 14.2. The highest BCUT2D eigenvalue weighted by Crippen LogP contribution is 2.39. The molecule has 0 saturated carbocycles. The van der Waals surface area contributed by atoms with Crippen LogP contribution in [-0.2, 0) is 9.09 Å². The summed E-state index contributed by atoms with van der Waals surface area (Å²) in [6.45, 7) is 2.89. The van der Waals surface area contributed by atoms with Crippen LogP contribution in [0, 0.1) is 3.57 Å². The van der Waals surface area contributed by atoms with Crippen LogP contribution in [0.4, 0.5) is 0 Å². The summed E-state index contributed by atoms with van der Waals surface area (Å²) < 4.78 is 18.2. The van der Waals surface area contributed by atoms with Gasteiger partial charge in [0.2, 0.25) is 0 Å². The number of likely N-dealkylation sites (N-methyl/N-ethyl adjacent to an activating group) is 1. The maximum Gasteiger partial charge on any atom is 0.470 e. The molecule has 0 amide bonds. The lowest BCUT2D eigenvalue weighted by atomic mass is 9.88. The molecule has 7 heteroatoms. The number of phosphoric acid groups is 1. The van der Waals surface area contributed by atoms with Crippen molar-refractivity contribution < 1.29 is 23.4 Å². The predicted molar refractivity (Wildman–Crippen MR) is 161 cm³/mol. The monoisotopic (exact) mass is 638 g/mol. The lowest BCUT2D eigenvalue weighted by Crippen LogP contribution is -2.42. The number of nitrogens with zero attached hydrogens (tertiary/aromatic N) is 1. The quantitative estimate of drug-likeness (QED) is 0.0577. The molecule has 0 bridgehead atoms. The second kappa shape index (κ2) is 19.1. The first kappa shape index (κ1) is 34.0. The molecule has 0 heterocycles. The van der Waals surface area contributed by atoms with E-state index in [1.807, 2.05) is 21.1 Å². The van der Waals surface area contributed by atoms with Crippen LogP contribution in [0.15, 0.2) is 24.3 Å². The first-order chi connectivity index (χ1) is 17.0. The summed E-state index contributed by atoms with van der Waals surface area (Å²) in [5.74, 6) is 0.717. The molecule has 5 nitrogen and oxygen atoms in total. The van der Waals surface area contributed by atoms with Gasteiger partial charge in [0.05, 0.1) is 21.1 Å². The van der Waals surface area contributed by atoms with Crippen molar-refractivity contribution in [2.24, 2.45) is 0 Å². The van der Waals surface area contributed by atoms with Crippen molar-refractivity contribution in [2.45, 2.75) is 122 Å². The molecule has 36 heavy (non-hydrogen) atoms. The summed E-state index contributed by atoms with van der Waals surface area (Å²) in [6, 6.07) is 9.19. The number of halogens is 1. The summed E-state index contributed by atoms with van der Waals surface area (Å²) in [5, 5.41) is 0. The topological polar surface area (TPSA) is 66.8 Å². The molecule has 1 aromatic carbocycles. The zero-order valence-corrected chi connectivity index (χ0v) is 26.5. The molecule has 0 radical (unpaired) electrons. The third-order valence-corrected chi connectivity index (χ3v) is 8.16. The van der Waals surface area contributed by atoms with Gasteiger partial charge in [-0.3, -0.25) is 4.52 Å². The fourth-order valence-electron chi connectivity index (χ4n) is 5.01. The first-order valence-electron chi connectivity index (χ1n) is 14.3. The standard InChI is InChI=1S/C29H53INO4P/c1-5-6-7-15-18-26(27-21-23-28(30)24-22-27)19-16-13-11-9-8-10-12-14-17-20-29(25-31(2,3)4)35-36(32,33)34/h21-24,26,29H,5-20,25H2,1-4H3,(H-,32,33,34)/p+1. The van der Waals surface area contributed by atoms with E-state index < -0.39 is 7.82 Å². The minimum atomic E-state index is -4.43. The molecule has 0 fully saturated rings. The molecule has 0 aliphatic heterocycles. The number of rotatable bonds is 22. The van der Waals surface area contributed by atoms with Gasteiger partial charge >= 0.3 is 7.82 Å². The molecule has 0 spiro atoms. The number of quaternary nitrogens is 1. The zero-order valence-electron chi connectivity index (χ0n) is 23.5. The van der Waals surface area contributed by atoms with Gasteiger partial charge in [0.25, 0.3) is 0 Å². The van der Waals surface area contributed by atoms with Crippen LogP contribution >= 0.6 is 30.4 Å². The number of phosphoric ester groups is 1. The summed E-state index contributed by atoms with van der Waals surface area (Å²) in [4.78, 5) is 18.4. The van der Waals surface area contributed by atoms with Crippen molar-refractivity contribution >= 4 is 30.4 Å². The van der Waals surface area contributed by atoms with Gasteiger partial charge in [0, 0.05) is 3.57 Å². The van der Waals surface area contributed by atoms with Gasteiger partial charge in [0.1, 0.15) is 12.6 Å². The number of hydrogen-bond acceptors (Lipinski definition) is 2. The molecule has 1 aromatic rings. The maximum absolute atomic E-state index is 11.3. The van der Waals surface area contributed by atoms with E-state index in [4.69, 9.17) is 4.52 Å². The Hall–Kier alpha value is 0.0200. The van der Waals surface area contributed by atoms with Crippen LogP contribution in [0.1, 0.15) is 121 Å². The van der Waals surface area contributed by atoms with Crippen molar-refractivity contribution in [3.63, 3.8) is 0 Å². The van der Waals surface area contributed by atoms with Crippen LogP contribution in [0.5, 0.6) is 0 Å². The summed E-state index contributed by atoms with van der Waals surface area (Å²) >= 11 is 2.39. The van der Waals surface area contributed by atoms with Gasteiger partial charge in [-0.15, -0.1) is 0 Å². The highest BCUT2D eigenvalue weighted by Gasteiger charge is 2.26. The number of benzene rings is 1. The van der Waals surface area contributed by atoms with Gasteiger partial charge in [-0.25, -0.2) is 4.57 Å². The van der Waals surface area contributed by atoms with E-state index >= 15 is 0 Å². The van der Waals surface area contributed by atoms with Crippen LogP contribution in [0.2, 0.25) is 0 Å². The average Bonchev–Trinajstić information content (AvgIpc) is 2.77. The molecule has 2 atom stereocenters. The molecule has 210 valence electrons. The summed E-state index contributed by atoms with van der Waals surface area (Å²) in [5.41, 5.74) is 1.53. The Kier molecular flexibility index (Phi) is 18.1. The highest BCUT2D eigenvalue weighted by molar-refractivity contribution is 14.1. The van der Waals surface area contributed by atoms with Gasteiger partial charge in [-0.2, -0.15) is 0 Å². The van der Waals surface area contributed by atoms with E-state index in [1.165, 1.54) is 92.6 Å². The molecule has 2 unspecified atom stereocenters. The van der Waals surface area contributed by atoms with Gasteiger partial charge in [-0.1, -0.05) is 103 Å². The van der Waals surface area contributed by atoms with E-state index in [0.717, 1.165) is 12.8 Å². The summed E-state index contributed by atoms with van der Waals surface area (Å²) in [7, 11) is 1.63. The van der Waals surface area contributed by atoms with E-state index in [-0.39, 0.29) is 6.10 Å². The van der Waals surface area contributed by atoms with Crippen molar-refractivity contribution in [1.29, 1.82) is 0 Å². The van der Waals surface area contributed by atoms with Gasteiger partial charge in [0.15, 0.2) is 0 Å². The molecular formula is C29H54INO4P+. The summed E-state index contributed by atoms with van der Waals surface area (Å²) in [6.07, 6.45) is 19.5. The smallest absolute Gasteiger partial charge is 0.329 e. The van der Waals surface area contributed by atoms with Gasteiger partial charge < -0.3 is 14.3 Å². The fourth-order valence-corrected chi connectivity index (χ4v) is 5.93. The lowest BCUT2D eigenvalue weighted by Gasteiger charge is -2.29. The second-order valence-corrected chi connectivity index (χ2v) is 14.0. The molecule has 2 N–H and O–H groups in total. The molecular weight excluding hydrogens is 584 g/mol. The Labute approximate surface area is 235 Å². The van der Waals surface area contributed by atoms with Crippen molar-refractivity contribution in [2.75, 3.05) is 27.7 Å². The van der Waals surface area contributed by atoms with Crippen molar-refractivity contribution in [3.8, 4) is 0 Å². The molecule has 0 aliphatic carbocycles. The molecule has 0 aliphatic rings. The van der Waals surface area contributed by atoms with E-state index in [9.17, 15) is 14.4 Å². The van der Waals surface area contributed by atoms with Crippen LogP contribution < -0.4 is 0 Å². The Balaban J connectivity index is 2.17. The largest absolute Gasteiger partial charge is 0.470 e. The molecule has 1 rings (SSSR count). The van der Waals surface area contributed by atoms with E-state index in [1.54, 1.807) is 0 Å². The number of unbranched alkanes of at least 4 members (excludes halogenated alkanes) is 11. The highest BCUT2D eigenvalue weighted by atomic mass is 127. The molecule has 0 saturated heterocycles. The predicted octanol–water partition coefficient (Wildman–Crippen LogP) is 8.82. The van der Waals surface area contributed by atoms with Crippen LogP contribution in [-0.4, -0.2) is 48.1 Å². The molecule has 0 aromatic heterocycles. The Bertz CT molecular complexity index is 717. The minimum absolute atomic E-state index is 0.388. The van der Waals surface area contributed by atoms with Crippen LogP contribution in [0.25, 0.3) is 0 Å². The van der Waals surface area contributed by atoms with E-state index in [2.05, 4.69) is 53.8 Å². The minimum Gasteiger partial charge on any atom is -0.329 e. The maximum atomic E-state index is 11.3. The third kappa shape index (κ3) is 19.1. The van der Waals surface area contributed by atoms with Crippen molar-refractivity contribution in [3.05, 3.63) is 33.4 Å². The van der Waals surface area contributed by atoms with Crippen molar-refractivity contribution in [1.82, 2.24) is 0 Å². The lowest BCUT2D eigenvalue weighted by molar-refractivity contribution is -0.873. The Morgan fingerprint density at radius 3 is 1.67 bits per heavy atom. The second-order valence-electron chi connectivity index (χ2n) is 11.5. The Morgan fingerprint density at radius 2 is 1.22 bits per heavy atom. The van der Waals surface area contributed by atoms with Crippen LogP contribution in [0.3, 0.4) is 0 Å².